The lowest BCUT2D eigenvalue weighted by Crippen LogP contribution is -2.30. The summed E-state index contributed by atoms with van der Waals surface area (Å²) < 4.78 is 40.8. The molecule has 0 radical (unpaired) electrons. The fourth-order valence-electron chi connectivity index (χ4n) is 5.52. The average Bonchev–Trinajstić information content (AvgIpc) is 3.37. The third-order valence-corrected chi connectivity index (χ3v) is 8.30. The number of carbonyl (C=O) groups excluding carboxylic acids is 2. The van der Waals surface area contributed by atoms with E-state index in [9.17, 15) is 22.8 Å². The van der Waals surface area contributed by atoms with E-state index < -0.39 is 17.6 Å². The number of benzene rings is 3. The zero-order chi connectivity index (χ0) is 33.0. The van der Waals surface area contributed by atoms with Crippen molar-refractivity contribution in [2.75, 3.05) is 61.8 Å². The van der Waals surface area contributed by atoms with Gasteiger partial charge in [-0.25, -0.2) is 14.8 Å². The summed E-state index contributed by atoms with van der Waals surface area (Å²) in [6.07, 6.45) is -1.88. The van der Waals surface area contributed by atoms with Crippen molar-refractivity contribution in [3.8, 4) is 11.1 Å². The van der Waals surface area contributed by atoms with Crippen LogP contribution < -0.4 is 15.5 Å². The molecule has 0 saturated carbocycles. The average molecular weight is 634 g/mol. The summed E-state index contributed by atoms with van der Waals surface area (Å²) in [5.74, 6) is -0.0338. The Balaban J connectivity index is 1.36. The van der Waals surface area contributed by atoms with Crippen molar-refractivity contribution in [1.29, 1.82) is 0 Å². The van der Waals surface area contributed by atoms with Gasteiger partial charge in [0, 0.05) is 43.8 Å². The van der Waals surface area contributed by atoms with E-state index in [4.69, 9.17) is 0 Å². The number of hydrogen-bond acceptors (Lipinski definition) is 6. The van der Waals surface area contributed by atoms with Crippen LogP contribution in [-0.4, -0.2) is 78.0 Å². The monoisotopic (exact) mass is 633 g/mol. The Bertz CT molecular complexity index is 1740. The van der Waals surface area contributed by atoms with Gasteiger partial charge in [0.2, 0.25) is 5.95 Å². The molecule has 0 atom stereocenters. The number of aromatic nitrogens is 2. The summed E-state index contributed by atoms with van der Waals surface area (Å²) in [7, 11) is 1.61. The largest absolute Gasteiger partial charge is 0.416 e. The van der Waals surface area contributed by atoms with E-state index in [1.165, 1.54) is 15.9 Å². The van der Waals surface area contributed by atoms with Crippen molar-refractivity contribution in [1.82, 2.24) is 19.8 Å². The molecule has 1 fully saturated rings. The van der Waals surface area contributed by atoms with E-state index in [0.29, 0.717) is 12.5 Å². The molecule has 1 aliphatic heterocycles. The van der Waals surface area contributed by atoms with Crippen molar-refractivity contribution in [2.24, 2.45) is 0 Å². The molecular formula is C34H38F3N7O2. The Hall–Kier alpha value is -4.71. The summed E-state index contributed by atoms with van der Waals surface area (Å²) in [5.41, 5.74) is 2.76. The molecule has 12 heteroatoms. The Morgan fingerprint density at radius 1 is 1.02 bits per heavy atom. The molecule has 3 amide bonds. The van der Waals surface area contributed by atoms with E-state index in [-0.39, 0.29) is 29.5 Å². The van der Waals surface area contributed by atoms with Gasteiger partial charge in [-0.15, -0.1) is 0 Å². The molecule has 3 aromatic carbocycles. The minimum atomic E-state index is -4.62. The van der Waals surface area contributed by atoms with Crippen molar-refractivity contribution < 1.29 is 22.8 Å². The molecular weight excluding hydrogens is 595 g/mol. The fraction of sp³-hybridized carbons (Fsp3) is 0.353. The van der Waals surface area contributed by atoms with Crippen LogP contribution in [0.1, 0.15) is 41.8 Å². The summed E-state index contributed by atoms with van der Waals surface area (Å²) in [5, 5.41) is 6.76. The van der Waals surface area contributed by atoms with E-state index in [2.05, 4.69) is 39.3 Å². The summed E-state index contributed by atoms with van der Waals surface area (Å²) in [6.45, 7) is 10.7. The van der Waals surface area contributed by atoms with E-state index in [1.54, 1.807) is 31.4 Å². The topological polar surface area (TPSA) is 93.7 Å². The molecule has 1 aromatic heterocycles. The number of nitrogens with zero attached hydrogens (tertiary/aromatic N) is 5. The van der Waals surface area contributed by atoms with Crippen LogP contribution in [0.2, 0.25) is 0 Å². The first kappa shape index (κ1) is 32.7. The number of likely N-dealkylation sites (N-methyl/N-ethyl adjacent to an activating group) is 1. The van der Waals surface area contributed by atoms with Gasteiger partial charge in [0.1, 0.15) is 0 Å². The summed E-state index contributed by atoms with van der Waals surface area (Å²) in [6, 6.07) is 13.5. The number of fused-ring (bicyclic) bond motifs is 1. The Morgan fingerprint density at radius 2 is 1.80 bits per heavy atom. The standard InChI is InChI=1S/C34H38F3N7O2/c1-5-43(6-2)15-7-14-38-32-39-21-25-18-23(10-12-28(25)41-32)27-19-24(9-8-22(27)3)31(45)40-29-20-26(34(35,36)37)11-13-30(29)44-17-16-42(4)33(44)46/h8-13,18-21H,5-7,14-17H2,1-4H3,(H,40,45)(H,38,39,41). The van der Waals surface area contributed by atoms with Crippen LogP contribution in [0.3, 0.4) is 0 Å². The predicted molar refractivity (Wildman–Crippen MR) is 175 cm³/mol. The van der Waals surface area contributed by atoms with E-state index in [1.807, 2.05) is 25.1 Å². The van der Waals surface area contributed by atoms with Gasteiger partial charge in [0.25, 0.3) is 5.91 Å². The summed E-state index contributed by atoms with van der Waals surface area (Å²) in [4.78, 5) is 40.4. The number of urea groups is 1. The second kappa shape index (κ2) is 13.7. The first-order valence-electron chi connectivity index (χ1n) is 15.4. The quantitative estimate of drug-likeness (QED) is 0.175. The maximum Gasteiger partial charge on any atom is 0.416 e. The molecule has 0 unspecified atom stereocenters. The number of amides is 3. The summed E-state index contributed by atoms with van der Waals surface area (Å²) >= 11 is 0. The number of alkyl halides is 3. The highest BCUT2D eigenvalue weighted by Gasteiger charge is 2.34. The number of rotatable bonds is 11. The van der Waals surface area contributed by atoms with Crippen LogP contribution in [0.5, 0.6) is 0 Å². The fourth-order valence-corrected chi connectivity index (χ4v) is 5.52. The molecule has 46 heavy (non-hydrogen) atoms. The highest BCUT2D eigenvalue weighted by molar-refractivity contribution is 6.08. The minimum Gasteiger partial charge on any atom is -0.354 e. The Labute approximate surface area is 266 Å². The van der Waals surface area contributed by atoms with Crippen LogP contribution in [-0.2, 0) is 6.18 Å². The smallest absolute Gasteiger partial charge is 0.354 e. The number of hydrogen-bond donors (Lipinski definition) is 2. The van der Waals surface area contributed by atoms with Crippen molar-refractivity contribution >= 4 is 40.2 Å². The van der Waals surface area contributed by atoms with Gasteiger partial charge in [-0.05, 0) is 92.1 Å². The molecule has 242 valence electrons. The first-order chi connectivity index (χ1) is 22.0. The molecule has 5 rings (SSSR count). The SMILES string of the molecule is CCN(CC)CCCNc1ncc2cc(-c3cc(C(=O)Nc4cc(C(F)(F)F)ccc4N4CCN(C)C4=O)ccc3C)ccc2n1. The van der Waals surface area contributed by atoms with Gasteiger partial charge in [-0.3, -0.25) is 9.69 Å². The Morgan fingerprint density at radius 3 is 2.50 bits per heavy atom. The number of nitrogens with one attached hydrogen (secondary N) is 2. The number of aryl methyl sites for hydroxylation is 1. The van der Waals surface area contributed by atoms with Gasteiger partial charge < -0.3 is 20.4 Å². The molecule has 9 nitrogen and oxygen atoms in total. The molecule has 2 N–H and O–H groups in total. The Kier molecular flexibility index (Phi) is 9.76. The van der Waals surface area contributed by atoms with Crippen LogP contribution in [0.25, 0.3) is 22.0 Å². The lowest BCUT2D eigenvalue weighted by molar-refractivity contribution is -0.137. The molecule has 2 heterocycles. The lowest BCUT2D eigenvalue weighted by atomic mass is 9.97. The van der Waals surface area contributed by atoms with Gasteiger partial charge in [0.05, 0.1) is 22.5 Å². The number of halogens is 3. The third kappa shape index (κ3) is 7.23. The van der Waals surface area contributed by atoms with E-state index >= 15 is 0 Å². The molecule has 0 aliphatic carbocycles. The highest BCUT2D eigenvalue weighted by atomic mass is 19.4. The molecule has 1 aliphatic rings. The lowest BCUT2D eigenvalue weighted by Gasteiger charge is -2.21. The molecule has 1 saturated heterocycles. The van der Waals surface area contributed by atoms with Crippen molar-refractivity contribution in [2.45, 2.75) is 33.4 Å². The van der Waals surface area contributed by atoms with Gasteiger partial charge >= 0.3 is 12.2 Å². The van der Waals surface area contributed by atoms with Crippen LogP contribution in [0.4, 0.5) is 35.3 Å². The zero-order valence-corrected chi connectivity index (χ0v) is 26.4. The van der Waals surface area contributed by atoms with Gasteiger partial charge in [-0.1, -0.05) is 26.0 Å². The number of carbonyl (C=O) groups is 2. The third-order valence-electron chi connectivity index (χ3n) is 8.30. The number of anilines is 3. The zero-order valence-electron chi connectivity index (χ0n) is 26.4. The predicted octanol–water partition coefficient (Wildman–Crippen LogP) is 6.89. The molecule has 0 bridgehead atoms. The second-order valence-corrected chi connectivity index (χ2v) is 11.3. The molecule has 0 spiro atoms. The maximum atomic E-state index is 13.6. The highest BCUT2D eigenvalue weighted by Crippen LogP contribution is 2.37. The van der Waals surface area contributed by atoms with Crippen LogP contribution in [0.15, 0.2) is 60.8 Å². The van der Waals surface area contributed by atoms with E-state index in [0.717, 1.165) is 72.3 Å². The maximum absolute atomic E-state index is 13.6. The van der Waals surface area contributed by atoms with Crippen molar-refractivity contribution in [3.63, 3.8) is 0 Å². The first-order valence-corrected chi connectivity index (χ1v) is 15.4. The van der Waals surface area contributed by atoms with Crippen LogP contribution in [0, 0.1) is 6.92 Å². The molecule has 4 aromatic rings. The van der Waals surface area contributed by atoms with Crippen molar-refractivity contribution in [3.05, 3.63) is 77.5 Å². The normalized spacial score (nSPS) is 13.6. The van der Waals surface area contributed by atoms with Crippen LogP contribution >= 0.6 is 0 Å². The second-order valence-electron chi connectivity index (χ2n) is 11.3. The minimum absolute atomic E-state index is 0.0917. The van der Waals surface area contributed by atoms with Gasteiger partial charge in [0.15, 0.2) is 0 Å². The van der Waals surface area contributed by atoms with Gasteiger partial charge in [-0.2, -0.15) is 13.2 Å².